The molecule has 0 amide bonds. The first-order valence-corrected chi connectivity index (χ1v) is 6.65. The van der Waals surface area contributed by atoms with E-state index in [9.17, 15) is 4.39 Å². The lowest BCUT2D eigenvalue weighted by Gasteiger charge is -2.11. The van der Waals surface area contributed by atoms with Gasteiger partial charge in [-0.2, -0.15) is 4.98 Å². The predicted octanol–water partition coefficient (Wildman–Crippen LogP) is 2.04. The van der Waals surface area contributed by atoms with E-state index in [-0.39, 0.29) is 29.8 Å². The minimum Gasteiger partial charge on any atom is -0.356 e. The summed E-state index contributed by atoms with van der Waals surface area (Å²) in [4.78, 5) is 8.23. The van der Waals surface area contributed by atoms with Crippen molar-refractivity contribution < 1.29 is 8.91 Å². The molecule has 0 radical (unpaired) electrons. The van der Waals surface area contributed by atoms with E-state index >= 15 is 0 Å². The second-order valence-corrected chi connectivity index (χ2v) is 4.46. The lowest BCUT2D eigenvalue weighted by molar-refractivity contribution is 0.374. The first kappa shape index (κ1) is 18.3. The zero-order chi connectivity index (χ0) is 15.1. The molecule has 0 aliphatic heterocycles. The van der Waals surface area contributed by atoms with Gasteiger partial charge in [0.1, 0.15) is 5.82 Å². The standard InChI is InChI=1S/C14H18FN5O.HI/c1-10-19-13(21-20-10)7-8-17-14(16-2)18-9-11-3-5-12(15)6-4-11;/h3-6H,7-9H2,1-2H3,(H2,16,17,18);1H. The maximum atomic E-state index is 12.8. The van der Waals surface area contributed by atoms with Crippen molar-refractivity contribution in [2.75, 3.05) is 13.6 Å². The number of rotatable bonds is 5. The van der Waals surface area contributed by atoms with Crippen LogP contribution in [-0.4, -0.2) is 29.7 Å². The Hall–Kier alpha value is -1.71. The maximum Gasteiger partial charge on any atom is 0.228 e. The van der Waals surface area contributed by atoms with Crippen molar-refractivity contribution in [2.24, 2.45) is 4.99 Å². The largest absolute Gasteiger partial charge is 0.356 e. The third kappa shape index (κ3) is 5.96. The molecule has 0 saturated carbocycles. The van der Waals surface area contributed by atoms with Crippen LogP contribution in [0.5, 0.6) is 0 Å². The van der Waals surface area contributed by atoms with Gasteiger partial charge in [0.15, 0.2) is 11.8 Å². The molecule has 0 fully saturated rings. The van der Waals surface area contributed by atoms with E-state index in [0.717, 1.165) is 5.56 Å². The molecule has 2 N–H and O–H groups in total. The number of hydrogen-bond donors (Lipinski definition) is 2. The summed E-state index contributed by atoms with van der Waals surface area (Å²) in [6, 6.07) is 6.34. The molecule has 0 bridgehead atoms. The second-order valence-electron chi connectivity index (χ2n) is 4.46. The molecule has 2 aromatic rings. The molecular weight excluding hydrogens is 400 g/mol. The highest BCUT2D eigenvalue weighted by Crippen LogP contribution is 2.02. The van der Waals surface area contributed by atoms with Gasteiger partial charge in [-0.3, -0.25) is 4.99 Å². The fraction of sp³-hybridized carbons (Fsp3) is 0.357. The van der Waals surface area contributed by atoms with Gasteiger partial charge in [-0.25, -0.2) is 4.39 Å². The Morgan fingerprint density at radius 1 is 1.27 bits per heavy atom. The minimum atomic E-state index is -0.240. The number of aliphatic imine (C=N–C) groups is 1. The normalized spacial score (nSPS) is 11.0. The highest BCUT2D eigenvalue weighted by atomic mass is 127. The SMILES string of the molecule is CN=C(NCCc1nc(C)no1)NCc1ccc(F)cc1.I. The molecule has 8 heteroatoms. The molecule has 0 unspecified atom stereocenters. The number of benzene rings is 1. The zero-order valence-corrected chi connectivity index (χ0v) is 14.8. The van der Waals surface area contributed by atoms with Gasteiger partial charge < -0.3 is 15.2 Å². The van der Waals surface area contributed by atoms with E-state index in [0.29, 0.717) is 37.2 Å². The molecule has 2 rings (SSSR count). The van der Waals surface area contributed by atoms with Crippen molar-refractivity contribution in [3.63, 3.8) is 0 Å². The van der Waals surface area contributed by atoms with Crippen LogP contribution in [0.15, 0.2) is 33.8 Å². The second kappa shape index (κ2) is 9.34. The van der Waals surface area contributed by atoms with E-state index in [1.165, 1.54) is 12.1 Å². The van der Waals surface area contributed by atoms with Crippen molar-refractivity contribution in [3.8, 4) is 0 Å². The Balaban J connectivity index is 0.00000242. The zero-order valence-electron chi connectivity index (χ0n) is 12.5. The fourth-order valence-corrected chi connectivity index (χ4v) is 1.74. The fourth-order valence-electron chi connectivity index (χ4n) is 1.74. The maximum absolute atomic E-state index is 12.8. The molecule has 1 heterocycles. The highest BCUT2D eigenvalue weighted by Gasteiger charge is 2.03. The van der Waals surface area contributed by atoms with Crippen LogP contribution in [0.4, 0.5) is 4.39 Å². The lowest BCUT2D eigenvalue weighted by atomic mass is 10.2. The van der Waals surface area contributed by atoms with E-state index < -0.39 is 0 Å². The summed E-state index contributed by atoms with van der Waals surface area (Å²) in [5, 5.41) is 10.0. The average molecular weight is 419 g/mol. The molecule has 22 heavy (non-hydrogen) atoms. The lowest BCUT2D eigenvalue weighted by Crippen LogP contribution is -2.37. The van der Waals surface area contributed by atoms with Gasteiger partial charge in [-0.05, 0) is 24.6 Å². The highest BCUT2D eigenvalue weighted by molar-refractivity contribution is 14.0. The van der Waals surface area contributed by atoms with Gasteiger partial charge in [0.25, 0.3) is 0 Å². The number of aryl methyl sites for hydroxylation is 1. The van der Waals surface area contributed by atoms with Gasteiger partial charge in [0.2, 0.25) is 5.89 Å². The van der Waals surface area contributed by atoms with E-state index in [4.69, 9.17) is 4.52 Å². The van der Waals surface area contributed by atoms with Crippen molar-refractivity contribution in [1.29, 1.82) is 0 Å². The van der Waals surface area contributed by atoms with Gasteiger partial charge in [0.05, 0.1) is 0 Å². The Kier molecular flexibility index (Phi) is 7.78. The molecule has 1 aromatic heterocycles. The van der Waals surface area contributed by atoms with Crippen LogP contribution in [0.25, 0.3) is 0 Å². The number of nitrogens with one attached hydrogen (secondary N) is 2. The molecule has 0 spiro atoms. The third-order valence-corrected chi connectivity index (χ3v) is 2.80. The number of guanidine groups is 1. The molecule has 0 atom stereocenters. The van der Waals surface area contributed by atoms with Gasteiger partial charge in [-0.1, -0.05) is 17.3 Å². The van der Waals surface area contributed by atoms with Gasteiger partial charge >= 0.3 is 0 Å². The van der Waals surface area contributed by atoms with Crippen LogP contribution in [0, 0.1) is 12.7 Å². The smallest absolute Gasteiger partial charge is 0.228 e. The summed E-state index contributed by atoms with van der Waals surface area (Å²) < 4.78 is 17.8. The topological polar surface area (TPSA) is 75.3 Å². The van der Waals surface area contributed by atoms with Crippen LogP contribution in [-0.2, 0) is 13.0 Å². The predicted molar refractivity (Wildman–Crippen MR) is 92.8 cm³/mol. The van der Waals surface area contributed by atoms with E-state index in [2.05, 4.69) is 25.8 Å². The van der Waals surface area contributed by atoms with Crippen molar-refractivity contribution in [2.45, 2.75) is 19.9 Å². The van der Waals surface area contributed by atoms with Crippen molar-refractivity contribution >= 4 is 29.9 Å². The van der Waals surface area contributed by atoms with Crippen LogP contribution >= 0.6 is 24.0 Å². The number of halogens is 2. The van der Waals surface area contributed by atoms with Crippen LogP contribution in [0.1, 0.15) is 17.3 Å². The summed E-state index contributed by atoms with van der Waals surface area (Å²) in [5.74, 6) is 1.64. The van der Waals surface area contributed by atoms with Crippen LogP contribution in [0.2, 0.25) is 0 Å². The van der Waals surface area contributed by atoms with Crippen molar-refractivity contribution in [1.82, 2.24) is 20.8 Å². The molecule has 120 valence electrons. The quantitative estimate of drug-likeness (QED) is 0.441. The summed E-state index contributed by atoms with van der Waals surface area (Å²) in [5.41, 5.74) is 0.979. The molecule has 0 aliphatic rings. The number of hydrogen-bond acceptors (Lipinski definition) is 4. The molecule has 0 saturated heterocycles. The minimum absolute atomic E-state index is 0. The molecule has 0 aliphatic carbocycles. The molecule has 6 nitrogen and oxygen atoms in total. The van der Waals surface area contributed by atoms with Gasteiger partial charge in [0, 0.05) is 26.6 Å². The Labute approximate surface area is 145 Å². The molecular formula is C14H19FIN5O. The molecule has 1 aromatic carbocycles. The number of aromatic nitrogens is 2. The van der Waals surface area contributed by atoms with Crippen LogP contribution in [0.3, 0.4) is 0 Å². The summed E-state index contributed by atoms with van der Waals surface area (Å²) >= 11 is 0. The Morgan fingerprint density at radius 3 is 2.59 bits per heavy atom. The Bertz CT molecular complexity index is 600. The van der Waals surface area contributed by atoms with Crippen molar-refractivity contribution in [3.05, 3.63) is 47.4 Å². The first-order valence-electron chi connectivity index (χ1n) is 6.65. The summed E-state index contributed by atoms with van der Waals surface area (Å²) in [6.45, 7) is 2.98. The average Bonchev–Trinajstić information content (AvgIpc) is 2.90. The van der Waals surface area contributed by atoms with E-state index in [1.54, 1.807) is 26.1 Å². The first-order chi connectivity index (χ1) is 10.2. The summed E-state index contributed by atoms with van der Waals surface area (Å²) in [6.07, 6.45) is 0.623. The third-order valence-electron chi connectivity index (χ3n) is 2.80. The monoisotopic (exact) mass is 419 g/mol. The van der Waals surface area contributed by atoms with Crippen LogP contribution < -0.4 is 10.6 Å². The Morgan fingerprint density at radius 2 is 2.00 bits per heavy atom. The summed E-state index contributed by atoms with van der Waals surface area (Å²) in [7, 11) is 1.69. The van der Waals surface area contributed by atoms with Gasteiger partial charge in [-0.15, -0.1) is 24.0 Å². The number of nitrogens with zero attached hydrogens (tertiary/aromatic N) is 3. The van der Waals surface area contributed by atoms with E-state index in [1.807, 2.05) is 0 Å².